The van der Waals surface area contributed by atoms with Crippen LogP contribution in [0.25, 0.3) is 0 Å². The summed E-state index contributed by atoms with van der Waals surface area (Å²) in [6, 6.07) is 8.18. The molecule has 0 saturated heterocycles. The molecular weight excluding hydrogens is 240 g/mol. The van der Waals surface area contributed by atoms with Crippen LogP contribution in [0, 0.1) is 0 Å². The van der Waals surface area contributed by atoms with E-state index >= 15 is 0 Å². The van der Waals surface area contributed by atoms with Gasteiger partial charge in [0.25, 0.3) is 0 Å². The van der Waals surface area contributed by atoms with Gasteiger partial charge >= 0.3 is 5.97 Å². The maximum Gasteiger partial charge on any atom is 0.330 e. The molecule has 3 heteroatoms. The molecule has 1 aromatic rings. The fourth-order valence-electron chi connectivity index (χ4n) is 1.81. The fourth-order valence-corrected chi connectivity index (χ4v) is 1.81. The highest BCUT2D eigenvalue weighted by Crippen LogP contribution is 2.13. The van der Waals surface area contributed by atoms with Gasteiger partial charge in [-0.3, -0.25) is 0 Å². The van der Waals surface area contributed by atoms with Crippen LogP contribution in [0.2, 0.25) is 0 Å². The third-order valence-electron chi connectivity index (χ3n) is 2.93. The van der Waals surface area contributed by atoms with E-state index in [1.807, 2.05) is 12.1 Å². The van der Waals surface area contributed by atoms with Crippen molar-refractivity contribution in [1.29, 1.82) is 0 Å². The second-order valence-electron chi connectivity index (χ2n) is 4.38. The summed E-state index contributed by atoms with van der Waals surface area (Å²) < 4.78 is 10.0. The van der Waals surface area contributed by atoms with Crippen LogP contribution in [-0.2, 0) is 16.0 Å². The predicted molar refractivity (Wildman–Crippen MR) is 76.3 cm³/mol. The van der Waals surface area contributed by atoms with E-state index in [1.165, 1.54) is 11.6 Å². The van der Waals surface area contributed by atoms with Crippen LogP contribution < -0.4 is 4.74 Å². The van der Waals surface area contributed by atoms with Gasteiger partial charge in [-0.15, -0.1) is 0 Å². The average molecular weight is 262 g/mol. The Labute approximate surface area is 115 Å². The normalized spacial score (nSPS) is 9.95. The maximum absolute atomic E-state index is 10.8. The molecule has 0 aliphatic rings. The number of ether oxygens (including phenoxy) is 2. The molecule has 0 radical (unpaired) electrons. The molecule has 104 valence electrons. The Balaban J connectivity index is 2.04. The third kappa shape index (κ3) is 6.65. The SMILES string of the molecule is C=CC(=O)OCCCCCCc1ccc(OC)cc1. The number of hydrogen-bond donors (Lipinski definition) is 0. The largest absolute Gasteiger partial charge is 0.497 e. The lowest BCUT2D eigenvalue weighted by molar-refractivity contribution is -0.137. The van der Waals surface area contributed by atoms with Crippen molar-refractivity contribution in [2.45, 2.75) is 32.1 Å². The first kappa shape index (κ1) is 15.3. The van der Waals surface area contributed by atoms with Crippen molar-refractivity contribution in [3.05, 3.63) is 42.5 Å². The smallest absolute Gasteiger partial charge is 0.330 e. The molecule has 0 bridgehead atoms. The molecule has 0 fully saturated rings. The fraction of sp³-hybridized carbons (Fsp3) is 0.438. The Kier molecular flexibility index (Phi) is 7.40. The average Bonchev–Trinajstić information content (AvgIpc) is 2.46. The predicted octanol–water partition coefficient (Wildman–Crippen LogP) is 3.53. The molecular formula is C16H22O3. The van der Waals surface area contributed by atoms with Crippen LogP contribution in [-0.4, -0.2) is 19.7 Å². The van der Waals surface area contributed by atoms with E-state index < -0.39 is 0 Å². The van der Waals surface area contributed by atoms with E-state index in [9.17, 15) is 4.79 Å². The summed E-state index contributed by atoms with van der Waals surface area (Å²) in [6.07, 6.45) is 6.59. The number of carbonyl (C=O) groups excluding carboxylic acids is 1. The highest BCUT2D eigenvalue weighted by Gasteiger charge is 1.97. The van der Waals surface area contributed by atoms with Gasteiger partial charge in [0.05, 0.1) is 13.7 Å². The molecule has 0 heterocycles. The highest BCUT2D eigenvalue weighted by molar-refractivity contribution is 5.81. The lowest BCUT2D eigenvalue weighted by atomic mass is 10.1. The molecule has 3 nitrogen and oxygen atoms in total. The summed E-state index contributed by atoms with van der Waals surface area (Å²) >= 11 is 0. The van der Waals surface area contributed by atoms with Gasteiger partial charge in [0.2, 0.25) is 0 Å². The summed E-state index contributed by atoms with van der Waals surface area (Å²) in [6.45, 7) is 3.84. The first-order valence-corrected chi connectivity index (χ1v) is 6.68. The van der Waals surface area contributed by atoms with Crippen LogP contribution in [0.1, 0.15) is 31.2 Å². The molecule has 1 aromatic carbocycles. The van der Waals surface area contributed by atoms with Crippen LogP contribution in [0.4, 0.5) is 0 Å². The molecule has 0 amide bonds. The monoisotopic (exact) mass is 262 g/mol. The van der Waals surface area contributed by atoms with Crippen molar-refractivity contribution in [2.75, 3.05) is 13.7 Å². The topological polar surface area (TPSA) is 35.5 Å². The first-order valence-electron chi connectivity index (χ1n) is 6.68. The molecule has 19 heavy (non-hydrogen) atoms. The molecule has 0 aliphatic carbocycles. The van der Waals surface area contributed by atoms with Gasteiger partial charge in [-0.1, -0.05) is 31.6 Å². The van der Waals surface area contributed by atoms with E-state index in [1.54, 1.807) is 7.11 Å². The summed E-state index contributed by atoms with van der Waals surface area (Å²) in [5.41, 5.74) is 1.33. The summed E-state index contributed by atoms with van der Waals surface area (Å²) in [5.74, 6) is 0.561. The number of hydrogen-bond acceptors (Lipinski definition) is 3. The first-order chi connectivity index (χ1) is 9.26. The zero-order valence-electron chi connectivity index (χ0n) is 11.6. The van der Waals surface area contributed by atoms with Gasteiger partial charge in [-0.05, 0) is 37.0 Å². The Bertz CT molecular complexity index is 381. The molecule has 0 N–H and O–H groups in total. The summed E-state index contributed by atoms with van der Waals surface area (Å²) in [5, 5.41) is 0. The lowest BCUT2D eigenvalue weighted by Crippen LogP contribution is -2.01. The van der Waals surface area contributed by atoms with Gasteiger partial charge in [0, 0.05) is 6.08 Å². The molecule has 0 saturated carbocycles. The van der Waals surface area contributed by atoms with Crippen LogP contribution >= 0.6 is 0 Å². The van der Waals surface area contributed by atoms with Gasteiger partial charge < -0.3 is 9.47 Å². The Morgan fingerprint density at radius 1 is 1.16 bits per heavy atom. The molecule has 0 aliphatic heterocycles. The Morgan fingerprint density at radius 2 is 1.84 bits per heavy atom. The van der Waals surface area contributed by atoms with Gasteiger partial charge in [0.1, 0.15) is 5.75 Å². The Morgan fingerprint density at radius 3 is 2.47 bits per heavy atom. The van der Waals surface area contributed by atoms with Crippen LogP contribution in [0.3, 0.4) is 0 Å². The van der Waals surface area contributed by atoms with Crippen molar-refractivity contribution in [1.82, 2.24) is 0 Å². The minimum absolute atomic E-state index is 0.335. The van der Waals surface area contributed by atoms with E-state index in [0.717, 1.165) is 37.9 Å². The number of rotatable bonds is 9. The summed E-state index contributed by atoms with van der Waals surface area (Å²) in [4.78, 5) is 10.8. The molecule has 0 unspecified atom stereocenters. The van der Waals surface area contributed by atoms with E-state index in [0.29, 0.717) is 6.61 Å². The van der Waals surface area contributed by atoms with Crippen molar-refractivity contribution in [2.24, 2.45) is 0 Å². The minimum Gasteiger partial charge on any atom is -0.497 e. The van der Waals surface area contributed by atoms with Gasteiger partial charge in [0.15, 0.2) is 0 Å². The van der Waals surface area contributed by atoms with Crippen molar-refractivity contribution >= 4 is 5.97 Å². The number of methoxy groups -OCH3 is 1. The number of esters is 1. The van der Waals surface area contributed by atoms with Crippen molar-refractivity contribution in [3.63, 3.8) is 0 Å². The van der Waals surface area contributed by atoms with Crippen LogP contribution in [0.15, 0.2) is 36.9 Å². The lowest BCUT2D eigenvalue weighted by Gasteiger charge is -2.04. The highest BCUT2D eigenvalue weighted by atomic mass is 16.5. The second kappa shape index (κ2) is 9.20. The van der Waals surface area contributed by atoms with E-state index in [4.69, 9.17) is 9.47 Å². The molecule has 0 aromatic heterocycles. The molecule has 1 rings (SSSR count). The van der Waals surface area contributed by atoms with Crippen molar-refractivity contribution in [3.8, 4) is 5.75 Å². The number of carbonyl (C=O) groups is 1. The Hall–Kier alpha value is -1.77. The van der Waals surface area contributed by atoms with Crippen LogP contribution in [0.5, 0.6) is 5.75 Å². The number of benzene rings is 1. The van der Waals surface area contributed by atoms with Gasteiger partial charge in [-0.25, -0.2) is 4.79 Å². The van der Waals surface area contributed by atoms with Gasteiger partial charge in [-0.2, -0.15) is 0 Å². The van der Waals surface area contributed by atoms with Crippen molar-refractivity contribution < 1.29 is 14.3 Å². The maximum atomic E-state index is 10.8. The third-order valence-corrected chi connectivity index (χ3v) is 2.93. The quantitative estimate of drug-likeness (QED) is 0.388. The zero-order chi connectivity index (χ0) is 13.9. The molecule has 0 spiro atoms. The van der Waals surface area contributed by atoms with E-state index in [-0.39, 0.29) is 5.97 Å². The number of unbranched alkanes of at least 4 members (excludes halogenated alkanes) is 3. The summed E-state index contributed by atoms with van der Waals surface area (Å²) in [7, 11) is 1.67. The second-order valence-corrected chi connectivity index (χ2v) is 4.38. The minimum atomic E-state index is -0.335. The zero-order valence-corrected chi connectivity index (χ0v) is 11.6. The van der Waals surface area contributed by atoms with E-state index in [2.05, 4.69) is 18.7 Å². The standard InChI is InChI=1S/C16H22O3/c1-3-16(17)19-13-7-5-4-6-8-14-9-11-15(18-2)12-10-14/h3,9-12H,1,4-8,13H2,2H3. The number of aryl methyl sites for hydroxylation is 1. The molecule has 0 atom stereocenters.